The van der Waals surface area contributed by atoms with Crippen LogP contribution in [0.1, 0.15) is 10.5 Å². The van der Waals surface area contributed by atoms with Crippen LogP contribution in [0.3, 0.4) is 0 Å². The molecular formula is C4H10N2O2. The summed E-state index contributed by atoms with van der Waals surface area (Å²) in [5.41, 5.74) is 9.72. The van der Waals surface area contributed by atoms with Gasteiger partial charge in [0.05, 0.1) is 1.37 Å². The van der Waals surface area contributed by atoms with Crippen molar-refractivity contribution in [1.82, 2.24) is 0 Å². The zero-order valence-electron chi connectivity index (χ0n) is 7.22. The van der Waals surface area contributed by atoms with Crippen LogP contribution >= 0.6 is 0 Å². The maximum absolute atomic E-state index is 10.2. The normalized spacial score (nSPS) is 24.5. The van der Waals surface area contributed by atoms with E-state index in [-0.39, 0.29) is 0 Å². The van der Waals surface area contributed by atoms with Crippen molar-refractivity contribution in [2.45, 2.75) is 12.4 Å². The Balaban J connectivity index is 4.25. The molecule has 0 heterocycles. The van der Waals surface area contributed by atoms with Crippen molar-refractivity contribution in [1.29, 1.82) is 0 Å². The van der Waals surface area contributed by atoms with Crippen LogP contribution < -0.4 is 11.5 Å². The van der Waals surface area contributed by atoms with Gasteiger partial charge in [0.15, 0.2) is 0 Å². The molecule has 0 saturated carbocycles. The van der Waals surface area contributed by atoms with Gasteiger partial charge in [0.25, 0.3) is 0 Å². The molecule has 0 rings (SSSR count). The van der Waals surface area contributed by atoms with E-state index in [1.54, 1.807) is 0 Å². The summed E-state index contributed by atoms with van der Waals surface area (Å²) in [7, 11) is 0. The second kappa shape index (κ2) is 3.40. The Morgan fingerprint density at radius 2 is 2.62 bits per heavy atom. The largest absolute Gasteiger partial charge is 0.480 e. The fourth-order valence-electron chi connectivity index (χ4n) is 0.186. The molecule has 0 amide bonds. The fourth-order valence-corrected chi connectivity index (χ4v) is 0.186. The van der Waals surface area contributed by atoms with Gasteiger partial charge in [0.1, 0.15) is 6.02 Å². The number of hydrogen-bond donors (Lipinski definition) is 3. The van der Waals surface area contributed by atoms with Gasteiger partial charge in [-0.15, -0.1) is 0 Å². The van der Waals surface area contributed by atoms with E-state index < -0.39 is 24.9 Å². The van der Waals surface area contributed by atoms with Gasteiger partial charge in [-0.2, -0.15) is 0 Å². The quantitative estimate of drug-likeness (QED) is 0.435. The molecule has 0 unspecified atom stereocenters. The minimum atomic E-state index is -2.35. The number of rotatable bonds is 3. The van der Waals surface area contributed by atoms with Gasteiger partial charge in [-0.1, -0.05) is 0 Å². The zero-order valence-corrected chi connectivity index (χ0v) is 4.22. The van der Waals surface area contributed by atoms with Crippen molar-refractivity contribution in [2.24, 2.45) is 11.5 Å². The first-order valence-electron chi connectivity index (χ1n) is 3.46. The number of carboxylic acid groups (broad SMARTS) is 1. The van der Waals surface area contributed by atoms with Gasteiger partial charge >= 0.3 is 5.97 Å². The molecule has 4 nitrogen and oxygen atoms in total. The number of hydrogen-bond acceptors (Lipinski definition) is 3. The van der Waals surface area contributed by atoms with Crippen LogP contribution in [0.5, 0.6) is 0 Å². The summed E-state index contributed by atoms with van der Waals surface area (Å²) in [6, 6.07) is -2.35. The first-order chi connectivity index (χ1) is 4.65. The topological polar surface area (TPSA) is 89.3 Å². The summed E-state index contributed by atoms with van der Waals surface area (Å²) in [4.78, 5) is 10.2. The smallest absolute Gasteiger partial charge is 0.320 e. The molecule has 0 radical (unpaired) electrons. The highest BCUT2D eigenvalue weighted by Crippen LogP contribution is 1.82. The van der Waals surface area contributed by atoms with Gasteiger partial charge < -0.3 is 16.6 Å². The average molecular weight is 121 g/mol. The molecule has 0 saturated heterocycles. The van der Waals surface area contributed by atoms with Crippen LogP contribution in [0.15, 0.2) is 0 Å². The third-order valence-electron chi connectivity index (χ3n) is 0.567. The first kappa shape index (κ1) is 3.42. The van der Waals surface area contributed by atoms with Crippen LogP contribution in [0.4, 0.5) is 0 Å². The standard InChI is InChI=1S/C4H10N2O2/c5-2-1-3(6)4(7)8/h3H,1-2,5-6H2,(H,7,8)/t3-/m1/s1/i2D2,3D. The maximum atomic E-state index is 10.2. The number of nitrogens with two attached hydrogens (primary N) is 2. The van der Waals surface area contributed by atoms with Gasteiger partial charge in [0.2, 0.25) is 0 Å². The highest BCUT2D eigenvalue weighted by Gasteiger charge is 2.07. The Kier molecular flexibility index (Phi) is 1.45. The van der Waals surface area contributed by atoms with Crippen molar-refractivity contribution in [3.8, 4) is 0 Å². The number of carbonyl (C=O) groups is 1. The zero-order chi connectivity index (χ0) is 9.28. The molecular weight excluding hydrogens is 108 g/mol. The summed E-state index contributed by atoms with van der Waals surface area (Å²) in [5.74, 6) is -1.59. The Bertz CT molecular complexity index is 165. The van der Waals surface area contributed by atoms with Crippen LogP contribution in [-0.2, 0) is 4.79 Å². The van der Waals surface area contributed by atoms with E-state index in [1.165, 1.54) is 0 Å². The summed E-state index contributed by atoms with van der Waals surface area (Å²) in [5, 5.41) is 8.27. The highest BCUT2D eigenvalue weighted by molar-refractivity contribution is 5.72. The minimum absolute atomic E-state index is 0.741. The van der Waals surface area contributed by atoms with E-state index in [0.29, 0.717) is 0 Å². The predicted molar refractivity (Wildman–Crippen MR) is 29.3 cm³/mol. The SMILES string of the molecule is [2H]C([2H])(N)C[C@@]([2H])(N)C(=O)O. The molecule has 48 valence electrons. The van der Waals surface area contributed by atoms with Gasteiger partial charge in [0, 0.05) is 2.74 Å². The van der Waals surface area contributed by atoms with Gasteiger partial charge in [-0.25, -0.2) is 0 Å². The van der Waals surface area contributed by atoms with Crippen molar-refractivity contribution in [2.75, 3.05) is 6.50 Å². The third kappa shape index (κ3) is 2.54. The second-order valence-corrected chi connectivity index (χ2v) is 1.21. The Morgan fingerprint density at radius 1 is 2.12 bits per heavy atom. The third-order valence-corrected chi connectivity index (χ3v) is 0.567. The summed E-state index contributed by atoms with van der Waals surface area (Å²) in [6.07, 6.45) is -0.741. The summed E-state index contributed by atoms with van der Waals surface area (Å²) in [6.45, 7) is -2.23. The lowest BCUT2D eigenvalue weighted by molar-refractivity contribution is -0.138. The first-order valence-corrected chi connectivity index (χ1v) is 1.96. The van der Waals surface area contributed by atoms with Crippen molar-refractivity contribution in [3.63, 3.8) is 0 Å². The van der Waals surface area contributed by atoms with Crippen LogP contribution in [0, 0.1) is 0 Å². The van der Waals surface area contributed by atoms with E-state index in [1.807, 2.05) is 0 Å². The Labute approximate surface area is 51.7 Å². The van der Waals surface area contributed by atoms with Gasteiger partial charge in [-0.05, 0) is 12.9 Å². The van der Waals surface area contributed by atoms with Crippen molar-refractivity contribution in [3.05, 3.63) is 0 Å². The molecule has 0 aromatic rings. The number of carboxylic acids is 1. The molecule has 0 aliphatic carbocycles. The molecule has 0 aromatic heterocycles. The molecule has 0 aromatic carbocycles. The molecule has 0 fully saturated rings. The highest BCUT2D eigenvalue weighted by atomic mass is 16.4. The molecule has 0 spiro atoms. The molecule has 1 atom stereocenters. The lowest BCUT2D eigenvalue weighted by atomic mass is 10.2. The monoisotopic (exact) mass is 121 g/mol. The van der Waals surface area contributed by atoms with Crippen LogP contribution in [-0.4, -0.2) is 23.6 Å². The summed E-state index contributed by atoms with van der Waals surface area (Å²) >= 11 is 0. The van der Waals surface area contributed by atoms with E-state index in [9.17, 15) is 4.79 Å². The lowest BCUT2D eigenvalue weighted by Crippen LogP contribution is -2.32. The van der Waals surface area contributed by atoms with E-state index >= 15 is 0 Å². The summed E-state index contributed by atoms with van der Waals surface area (Å²) < 4.78 is 20.4. The van der Waals surface area contributed by atoms with Crippen LogP contribution in [0.25, 0.3) is 0 Å². The second-order valence-electron chi connectivity index (χ2n) is 1.21. The van der Waals surface area contributed by atoms with E-state index in [0.717, 1.165) is 0 Å². The maximum Gasteiger partial charge on any atom is 0.320 e. The number of aliphatic carboxylic acids is 1. The van der Waals surface area contributed by atoms with Crippen molar-refractivity contribution < 1.29 is 14.0 Å². The van der Waals surface area contributed by atoms with Gasteiger partial charge in [-0.3, -0.25) is 4.79 Å². The minimum Gasteiger partial charge on any atom is -0.480 e. The Hall–Kier alpha value is -0.610. The predicted octanol–water partition coefficient (Wildman–Crippen LogP) is -1.25. The Morgan fingerprint density at radius 3 is 2.75 bits per heavy atom. The fraction of sp³-hybridized carbons (Fsp3) is 0.750. The molecule has 0 aliphatic rings. The molecule has 0 bridgehead atoms. The van der Waals surface area contributed by atoms with E-state index in [4.69, 9.17) is 20.7 Å². The van der Waals surface area contributed by atoms with Crippen LogP contribution in [0.2, 0.25) is 0 Å². The van der Waals surface area contributed by atoms with E-state index in [2.05, 4.69) is 0 Å². The molecule has 0 aliphatic heterocycles. The molecule has 5 N–H and O–H groups in total. The average Bonchev–Trinajstić information content (AvgIpc) is 1.56. The molecule has 8 heavy (non-hydrogen) atoms. The van der Waals surface area contributed by atoms with Crippen molar-refractivity contribution >= 4 is 5.97 Å². The molecule has 4 heteroatoms. The lowest BCUT2D eigenvalue weighted by Gasteiger charge is -2.00.